The summed E-state index contributed by atoms with van der Waals surface area (Å²) in [5.41, 5.74) is 9.97. The third-order valence-electron chi connectivity index (χ3n) is 7.27. The van der Waals surface area contributed by atoms with Crippen LogP contribution in [-0.2, 0) is 5.41 Å². The zero-order valence-electron chi connectivity index (χ0n) is 16.7. The number of hydrogen-bond acceptors (Lipinski definition) is 4. The zero-order chi connectivity index (χ0) is 20.1. The number of rotatable bonds is 3. The van der Waals surface area contributed by atoms with Crippen molar-refractivity contribution in [3.8, 4) is 11.3 Å². The number of anilines is 1. The van der Waals surface area contributed by atoms with Crippen molar-refractivity contribution in [1.82, 2.24) is 15.3 Å². The van der Waals surface area contributed by atoms with Crippen LogP contribution < -0.4 is 11.1 Å². The number of nitrogens with two attached hydrogens (primary N) is 1. The lowest BCUT2D eigenvalue weighted by atomic mass is 9.69. The molecule has 3 aromatic rings. The predicted octanol–water partition coefficient (Wildman–Crippen LogP) is 3.93. The van der Waals surface area contributed by atoms with E-state index in [1.54, 1.807) is 6.20 Å². The fourth-order valence-corrected chi connectivity index (χ4v) is 5.56. The van der Waals surface area contributed by atoms with Crippen molar-refractivity contribution in [1.29, 1.82) is 0 Å². The number of nitrogens with zero attached hydrogens (tertiary/aromatic N) is 1. The van der Waals surface area contributed by atoms with Crippen molar-refractivity contribution in [2.45, 2.75) is 55.7 Å². The molecule has 2 bridgehead atoms. The Bertz CT molecular complexity index is 1020. The third-order valence-corrected chi connectivity index (χ3v) is 7.27. The van der Waals surface area contributed by atoms with Gasteiger partial charge in [0, 0.05) is 16.9 Å². The van der Waals surface area contributed by atoms with Gasteiger partial charge in [-0.3, -0.25) is 5.32 Å². The van der Waals surface area contributed by atoms with Crippen LogP contribution >= 0.6 is 0 Å². The topological polar surface area (TPSA) is 87.0 Å². The summed E-state index contributed by atoms with van der Waals surface area (Å²) in [6, 6.07) is 19.2. The number of hydrogen-bond donors (Lipinski definition) is 4. The van der Waals surface area contributed by atoms with Crippen molar-refractivity contribution < 1.29 is 5.11 Å². The highest BCUT2D eigenvalue weighted by Gasteiger charge is 2.53. The Balaban J connectivity index is 1.52. The summed E-state index contributed by atoms with van der Waals surface area (Å²) in [6.07, 6.45) is 5.27. The van der Waals surface area contributed by atoms with Gasteiger partial charge < -0.3 is 15.8 Å². The van der Waals surface area contributed by atoms with Crippen molar-refractivity contribution in [3.05, 3.63) is 71.9 Å². The van der Waals surface area contributed by atoms with Crippen LogP contribution in [0.4, 0.5) is 5.95 Å². The molecule has 5 N–H and O–H groups in total. The number of nitrogen functional groups attached to an aromatic ring is 1. The summed E-state index contributed by atoms with van der Waals surface area (Å²) in [6.45, 7) is 2.27. The minimum atomic E-state index is -0.538. The first kappa shape index (κ1) is 18.4. The molecular weight excluding hydrogens is 360 g/mol. The number of benzene rings is 2. The van der Waals surface area contributed by atoms with E-state index in [-0.39, 0.29) is 11.0 Å². The van der Waals surface area contributed by atoms with Crippen LogP contribution in [0.2, 0.25) is 0 Å². The Morgan fingerprint density at radius 2 is 1.90 bits per heavy atom. The number of fused-ring (bicyclic) bond motifs is 4. The molecule has 5 heteroatoms. The quantitative estimate of drug-likeness (QED) is 0.547. The summed E-state index contributed by atoms with van der Waals surface area (Å²) >= 11 is 0. The average Bonchev–Trinajstić information content (AvgIpc) is 3.05. The van der Waals surface area contributed by atoms with E-state index in [0.717, 1.165) is 36.9 Å². The fourth-order valence-electron chi connectivity index (χ4n) is 5.56. The summed E-state index contributed by atoms with van der Waals surface area (Å²) < 4.78 is 0. The lowest BCUT2D eigenvalue weighted by Gasteiger charge is -2.48. The van der Waals surface area contributed by atoms with E-state index in [1.807, 2.05) is 6.07 Å². The van der Waals surface area contributed by atoms with Gasteiger partial charge in [0.25, 0.3) is 0 Å². The van der Waals surface area contributed by atoms with E-state index in [9.17, 15) is 5.11 Å². The molecule has 3 aliphatic rings. The monoisotopic (exact) mass is 388 g/mol. The zero-order valence-corrected chi connectivity index (χ0v) is 16.7. The molecule has 2 saturated heterocycles. The molecule has 1 saturated carbocycles. The summed E-state index contributed by atoms with van der Waals surface area (Å²) in [7, 11) is 0. The average molecular weight is 389 g/mol. The highest BCUT2D eigenvalue weighted by molar-refractivity contribution is 5.61. The molecule has 5 nitrogen and oxygen atoms in total. The third kappa shape index (κ3) is 2.96. The van der Waals surface area contributed by atoms with Gasteiger partial charge in [0.05, 0.1) is 11.9 Å². The van der Waals surface area contributed by atoms with Gasteiger partial charge in [-0.1, -0.05) is 48.5 Å². The van der Waals surface area contributed by atoms with Gasteiger partial charge in [-0.25, -0.2) is 4.98 Å². The fraction of sp³-hybridized carbons (Fsp3) is 0.375. The minimum Gasteiger partial charge on any atom is -0.378 e. The van der Waals surface area contributed by atoms with Crippen molar-refractivity contribution in [3.63, 3.8) is 0 Å². The summed E-state index contributed by atoms with van der Waals surface area (Å²) in [5.74, 6) is 0.755. The summed E-state index contributed by atoms with van der Waals surface area (Å²) in [4.78, 5) is 7.25. The van der Waals surface area contributed by atoms with Gasteiger partial charge in [0.15, 0.2) is 5.95 Å². The van der Waals surface area contributed by atoms with Crippen LogP contribution in [0.15, 0.2) is 60.8 Å². The van der Waals surface area contributed by atoms with Gasteiger partial charge in [0.1, 0.15) is 6.23 Å². The van der Waals surface area contributed by atoms with Gasteiger partial charge >= 0.3 is 0 Å². The maximum atomic E-state index is 11.2. The van der Waals surface area contributed by atoms with E-state index in [2.05, 4.69) is 70.7 Å². The largest absolute Gasteiger partial charge is 0.378 e. The molecule has 150 valence electrons. The van der Waals surface area contributed by atoms with Crippen molar-refractivity contribution in [2.75, 3.05) is 5.73 Å². The molecule has 2 aliphatic heterocycles. The van der Waals surface area contributed by atoms with Crippen LogP contribution in [0.1, 0.15) is 49.7 Å². The van der Waals surface area contributed by atoms with E-state index in [0.29, 0.717) is 11.9 Å². The Morgan fingerprint density at radius 1 is 1.07 bits per heavy atom. The number of aromatic amines is 1. The Hall–Kier alpha value is -2.63. The Morgan fingerprint density at radius 3 is 2.62 bits per heavy atom. The minimum absolute atomic E-state index is 0.139. The lowest BCUT2D eigenvalue weighted by Crippen LogP contribution is -2.61. The molecule has 2 aromatic carbocycles. The maximum Gasteiger partial charge on any atom is 0.197 e. The molecule has 3 heterocycles. The molecule has 29 heavy (non-hydrogen) atoms. The number of imidazole rings is 1. The maximum absolute atomic E-state index is 11.2. The van der Waals surface area contributed by atoms with Crippen LogP contribution in [0.25, 0.3) is 11.3 Å². The van der Waals surface area contributed by atoms with E-state index >= 15 is 0 Å². The normalized spacial score (nSPS) is 31.5. The Labute approximate surface area is 171 Å². The number of aliphatic hydroxyl groups excluding tert-OH is 1. The molecular formula is C24H28N4O. The number of aromatic nitrogens is 2. The van der Waals surface area contributed by atoms with Crippen LogP contribution in [0.5, 0.6) is 0 Å². The van der Waals surface area contributed by atoms with Crippen molar-refractivity contribution in [2.24, 2.45) is 0 Å². The Kier molecular flexibility index (Phi) is 4.26. The second-order valence-corrected chi connectivity index (χ2v) is 8.89. The molecule has 6 rings (SSSR count). The van der Waals surface area contributed by atoms with E-state index in [1.165, 1.54) is 11.1 Å². The molecule has 1 aromatic heterocycles. The SMILES string of the molecule is CC12CCC(c3ccccc3)(CCC1c1cccc(-c3cnc(N)[nH]3)c1)C(O)N2. The highest BCUT2D eigenvalue weighted by Crippen LogP contribution is 2.52. The van der Waals surface area contributed by atoms with Crippen LogP contribution in [0, 0.1) is 0 Å². The number of nitrogens with one attached hydrogen (secondary N) is 2. The molecule has 0 amide bonds. The van der Waals surface area contributed by atoms with Gasteiger partial charge in [0.2, 0.25) is 0 Å². The van der Waals surface area contributed by atoms with Crippen LogP contribution in [-0.4, -0.2) is 26.8 Å². The highest BCUT2D eigenvalue weighted by atomic mass is 16.3. The molecule has 0 radical (unpaired) electrons. The predicted molar refractivity (Wildman–Crippen MR) is 115 cm³/mol. The molecule has 1 aliphatic carbocycles. The number of aliphatic hydroxyl groups is 1. The second kappa shape index (κ2) is 6.71. The molecule has 3 fully saturated rings. The second-order valence-electron chi connectivity index (χ2n) is 8.89. The standard InChI is InChI=1S/C24H28N4O/c1-23-12-13-24(21(29)28-23,18-8-3-2-4-9-18)11-10-19(23)16-6-5-7-17(14-16)20-15-26-22(25)27-20/h2-9,14-15,19,21,28-29H,10-13H2,1H3,(H3,25,26,27). The van der Waals surface area contributed by atoms with Crippen LogP contribution in [0.3, 0.4) is 0 Å². The smallest absolute Gasteiger partial charge is 0.197 e. The molecule has 0 spiro atoms. The van der Waals surface area contributed by atoms with E-state index < -0.39 is 6.23 Å². The van der Waals surface area contributed by atoms with Gasteiger partial charge in [-0.2, -0.15) is 0 Å². The number of H-pyrrole nitrogens is 1. The van der Waals surface area contributed by atoms with Gasteiger partial charge in [-0.05, 0) is 55.4 Å². The first-order chi connectivity index (χ1) is 14.0. The van der Waals surface area contributed by atoms with Crippen molar-refractivity contribution >= 4 is 5.95 Å². The summed E-state index contributed by atoms with van der Waals surface area (Å²) in [5, 5.41) is 14.8. The molecule has 4 unspecified atom stereocenters. The lowest BCUT2D eigenvalue weighted by molar-refractivity contribution is -0.0104. The van der Waals surface area contributed by atoms with E-state index in [4.69, 9.17) is 5.73 Å². The number of piperidine rings is 1. The first-order valence-corrected chi connectivity index (χ1v) is 10.4. The first-order valence-electron chi connectivity index (χ1n) is 10.4. The molecule has 4 atom stereocenters. The van der Waals surface area contributed by atoms with Gasteiger partial charge in [-0.15, -0.1) is 0 Å².